The van der Waals surface area contributed by atoms with Gasteiger partial charge in [-0.1, -0.05) is 27.2 Å². The fourth-order valence-electron chi connectivity index (χ4n) is 3.13. The monoisotopic (exact) mass is 363 g/mol. The highest BCUT2D eigenvalue weighted by atomic mass is 16.4. The summed E-state index contributed by atoms with van der Waals surface area (Å²) in [4.78, 5) is 11.6. The van der Waals surface area contributed by atoms with Gasteiger partial charge < -0.3 is 15.1 Å². The topological polar surface area (TPSA) is 65.7 Å². The van der Waals surface area contributed by atoms with Gasteiger partial charge in [-0.25, -0.2) is 9.98 Å². The van der Waals surface area contributed by atoms with Crippen molar-refractivity contribution in [1.29, 1.82) is 0 Å². The first-order chi connectivity index (χ1) is 12.2. The van der Waals surface area contributed by atoms with Crippen molar-refractivity contribution in [3.63, 3.8) is 0 Å². The Bertz CT molecular complexity index is 579. The number of hydrogen-bond acceptors (Lipinski definition) is 4. The summed E-state index contributed by atoms with van der Waals surface area (Å²) in [5.74, 6) is 2.36. The van der Waals surface area contributed by atoms with E-state index in [1.54, 1.807) is 0 Å². The maximum atomic E-state index is 5.84. The Kier molecular flexibility index (Phi) is 7.09. The molecule has 0 amide bonds. The molecule has 0 bridgehead atoms. The summed E-state index contributed by atoms with van der Waals surface area (Å²) in [7, 11) is 0. The zero-order chi connectivity index (χ0) is 19.2. The molecule has 1 saturated heterocycles. The molecule has 2 N–H and O–H groups in total. The van der Waals surface area contributed by atoms with E-state index in [1.807, 2.05) is 6.20 Å². The molecule has 1 fully saturated rings. The predicted molar refractivity (Wildman–Crippen MR) is 108 cm³/mol. The molecule has 0 atom stereocenters. The van der Waals surface area contributed by atoms with E-state index in [2.05, 4.69) is 67.1 Å². The number of nitrogens with zero attached hydrogens (tertiary/aromatic N) is 3. The molecule has 2 rings (SSSR count). The zero-order valence-corrected chi connectivity index (χ0v) is 17.5. The number of hydrogen-bond donors (Lipinski definition) is 2. The van der Waals surface area contributed by atoms with Crippen LogP contribution < -0.4 is 10.6 Å². The highest BCUT2D eigenvalue weighted by molar-refractivity contribution is 5.79. The normalized spacial score (nSPS) is 17.4. The van der Waals surface area contributed by atoms with Crippen LogP contribution in [0, 0.1) is 0 Å². The van der Waals surface area contributed by atoms with Crippen LogP contribution in [0.2, 0.25) is 0 Å². The molecule has 6 nitrogen and oxygen atoms in total. The summed E-state index contributed by atoms with van der Waals surface area (Å²) in [6.07, 6.45) is 5.77. The summed E-state index contributed by atoms with van der Waals surface area (Å²) in [6.45, 7) is 17.6. The first-order valence-electron chi connectivity index (χ1n) is 9.95. The first kappa shape index (κ1) is 20.7. The fraction of sp³-hybridized carbons (Fsp3) is 0.800. The second-order valence-electron chi connectivity index (χ2n) is 8.78. The van der Waals surface area contributed by atoms with Gasteiger partial charge in [-0.05, 0) is 46.7 Å². The van der Waals surface area contributed by atoms with Crippen LogP contribution in [0.4, 0.5) is 0 Å². The first-order valence-corrected chi connectivity index (χ1v) is 9.95. The number of aliphatic imine (C=N–C) groups is 1. The smallest absolute Gasteiger partial charge is 0.216 e. The van der Waals surface area contributed by atoms with Crippen LogP contribution >= 0.6 is 0 Å². The lowest BCUT2D eigenvalue weighted by Crippen LogP contribution is -2.54. The Morgan fingerprint density at radius 1 is 1.15 bits per heavy atom. The van der Waals surface area contributed by atoms with E-state index >= 15 is 0 Å². The van der Waals surface area contributed by atoms with Gasteiger partial charge in [-0.15, -0.1) is 0 Å². The van der Waals surface area contributed by atoms with Crippen LogP contribution in [-0.2, 0) is 12.0 Å². The highest BCUT2D eigenvalue weighted by Crippen LogP contribution is 2.23. The average Bonchev–Trinajstić information content (AvgIpc) is 3.07. The minimum Gasteiger partial charge on any atom is -0.443 e. The third kappa shape index (κ3) is 6.01. The molecule has 1 aliphatic rings. The number of oxazole rings is 1. The molecular weight excluding hydrogens is 326 g/mol. The van der Waals surface area contributed by atoms with Crippen molar-refractivity contribution in [2.45, 2.75) is 78.3 Å². The number of nitrogens with one attached hydrogen (secondary N) is 2. The van der Waals surface area contributed by atoms with Crippen LogP contribution in [0.25, 0.3) is 0 Å². The Labute approximate surface area is 158 Å². The van der Waals surface area contributed by atoms with Crippen molar-refractivity contribution >= 4 is 5.96 Å². The summed E-state index contributed by atoms with van der Waals surface area (Å²) in [5, 5.41) is 6.81. The Morgan fingerprint density at radius 3 is 2.42 bits per heavy atom. The summed E-state index contributed by atoms with van der Waals surface area (Å²) < 4.78 is 5.84. The second kappa shape index (κ2) is 8.89. The third-order valence-corrected chi connectivity index (χ3v) is 4.91. The molecule has 2 heterocycles. The lowest BCUT2D eigenvalue weighted by molar-refractivity contribution is 0.0982. The standard InChI is InChI=1S/C20H37N5O/c1-7-21-18(23-14-17-22-13-16(26-17)19(2,3)4)24-15-20(5,6)25-11-9-8-10-12-25/h13H,7-12,14-15H2,1-6H3,(H2,21,23,24). The van der Waals surface area contributed by atoms with Gasteiger partial charge in [0.2, 0.25) is 5.89 Å². The minimum absolute atomic E-state index is 0.0316. The maximum absolute atomic E-state index is 5.84. The van der Waals surface area contributed by atoms with Gasteiger partial charge >= 0.3 is 0 Å². The number of guanidine groups is 1. The van der Waals surface area contributed by atoms with E-state index < -0.39 is 0 Å². The quantitative estimate of drug-likeness (QED) is 0.600. The van der Waals surface area contributed by atoms with E-state index in [4.69, 9.17) is 4.42 Å². The maximum Gasteiger partial charge on any atom is 0.216 e. The van der Waals surface area contributed by atoms with Crippen molar-refractivity contribution in [1.82, 2.24) is 20.5 Å². The summed E-state index contributed by atoms with van der Waals surface area (Å²) in [5.41, 5.74) is 0.0785. The molecule has 6 heteroatoms. The Morgan fingerprint density at radius 2 is 1.85 bits per heavy atom. The van der Waals surface area contributed by atoms with Gasteiger partial charge in [0.15, 0.2) is 5.96 Å². The lowest BCUT2D eigenvalue weighted by atomic mass is 9.94. The van der Waals surface area contributed by atoms with Crippen LogP contribution in [0.1, 0.15) is 72.5 Å². The van der Waals surface area contributed by atoms with Crippen molar-refractivity contribution in [3.05, 3.63) is 17.8 Å². The van der Waals surface area contributed by atoms with Gasteiger partial charge in [0.25, 0.3) is 0 Å². The zero-order valence-electron chi connectivity index (χ0n) is 17.5. The minimum atomic E-state index is -0.0316. The third-order valence-electron chi connectivity index (χ3n) is 4.91. The van der Waals surface area contributed by atoms with E-state index in [-0.39, 0.29) is 11.0 Å². The van der Waals surface area contributed by atoms with E-state index in [1.165, 1.54) is 32.4 Å². The molecule has 148 valence electrons. The van der Waals surface area contributed by atoms with Gasteiger partial charge in [-0.2, -0.15) is 0 Å². The number of piperidine rings is 1. The van der Waals surface area contributed by atoms with Crippen molar-refractivity contribution in [3.8, 4) is 0 Å². The van der Waals surface area contributed by atoms with Gasteiger partial charge in [0, 0.05) is 24.0 Å². The lowest BCUT2D eigenvalue weighted by Gasteiger charge is -2.41. The molecule has 0 aliphatic carbocycles. The van der Waals surface area contributed by atoms with Gasteiger partial charge in [0.1, 0.15) is 12.3 Å². The van der Waals surface area contributed by atoms with Crippen molar-refractivity contribution in [2.75, 3.05) is 26.2 Å². The number of rotatable bonds is 6. The Balaban J connectivity index is 1.94. The van der Waals surface area contributed by atoms with Crippen molar-refractivity contribution < 1.29 is 4.42 Å². The van der Waals surface area contributed by atoms with E-state index in [0.717, 1.165) is 24.8 Å². The second-order valence-corrected chi connectivity index (χ2v) is 8.78. The van der Waals surface area contributed by atoms with Crippen LogP contribution in [0.15, 0.2) is 15.6 Å². The van der Waals surface area contributed by atoms with Gasteiger partial charge in [0.05, 0.1) is 6.20 Å². The largest absolute Gasteiger partial charge is 0.443 e. The summed E-state index contributed by atoms with van der Waals surface area (Å²) >= 11 is 0. The van der Waals surface area contributed by atoms with Crippen LogP contribution in [0.5, 0.6) is 0 Å². The van der Waals surface area contributed by atoms with Crippen LogP contribution in [-0.4, -0.2) is 47.6 Å². The number of likely N-dealkylation sites (tertiary alicyclic amines) is 1. The average molecular weight is 364 g/mol. The van der Waals surface area contributed by atoms with E-state index in [0.29, 0.717) is 12.4 Å². The summed E-state index contributed by atoms with van der Waals surface area (Å²) in [6, 6.07) is 0. The molecule has 1 aromatic heterocycles. The molecular formula is C20H37N5O. The molecule has 0 aromatic carbocycles. The molecule has 0 radical (unpaired) electrons. The highest BCUT2D eigenvalue weighted by Gasteiger charge is 2.28. The predicted octanol–water partition coefficient (Wildman–Crippen LogP) is 3.29. The molecule has 1 aliphatic heterocycles. The molecule has 1 aromatic rings. The van der Waals surface area contributed by atoms with Crippen molar-refractivity contribution in [2.24, 2.45) is 4.99 Å². The van der Waals surface area contributed by atoms with Gasteiger partial charge in [-0.3, -0.25) is 4.90 Å². The SMILES string of the molecule is CCNC(=NCc1ncc(C(C)(C)C)o1)NCC(C)(C)N1CCCCC1. The number of aromatic nitrogens is 1. The Hall–Kier alpha value is -1.56. The van der Waals surface area contributed by atoms with Crippen LogP contribution in [0.3, 0.4) is 0 Å². The molecule has 0 saturated carbocycles. The van der Waals surface area contributed by atoms with E-state index in [9.17, 15) is 0 Å². The molecule has 0 spiro atoms. The fourth-order valence-corrected chi connectivity index (χ4v) is 3.13. The molecule has 26 heavy (non-hydrogen) atoms. The molecule has 0 unspecified atom stereocenters.